The third-order valence-corrected chi connectivity index (χ3v) is 7.45. The van der Waals surface area contributed by atoms with Gasteiger partial charge >= 0.3 is 5.97 Å². The fraction of sp³-hybridized carbons (Fsp3) is 0.318. The molecule has 2 fully saturated rings. The van der Waals surface area contributed by atoms with E-state index in [0.717, 1.165) is 22.0 Å². The van der Waals surface area contributed by atoms with Crippen molar-refractivity contribution < 1.29 is 19.5 Å². The first-order chi connectivity index (χ1) is 14.4. The number of nitrogens with one attached hydrogen (secondary N) is 1. The zero-order chi connectivity index (χ0) is 21.2. The molecule has 4 atom stereocenters. The summed E-state index contributed by atoms with van der Waals surface area (Å²) in [5, 5.41) is 13.1. The van der Waals surface area contributed by atoms with Crippen LogP contribution in [0, 0.1) is 5.92 Å². The van der Waals surface area contributed by atoms with Crippen molar-refractivity contribution in [1.82, 2.24) is 4.90 Å². The molecule has 0 aromatic heterocycles. The first kappa shape index (κ1) is 19.7. The first-order valence-corrected chi connectivity index (χ1v) is 10.9. The van der Waals surface area contributed by atoms with E-state index in [2.05, 4.69) is 26.1 Å². The average molecular weight is 490 g/mol. The number of hydrogen-bond donors (Lipinski definition) is 2. The van der Waals surface area contributed by atoms with Gasteiger partial charge in [0, 0.05) is 32.7 Å². The molecule has 0 bridgehead atoms. The van der Waals surface area contributed by atoms with Gasteiger partial charge in [0.2, 0.25) is 11.7 Å². The van der Waals surface area contributed by atoms with Crippen molar-refractivity contribution in [3.05, 3.63) is 63.1 Å². The summed E-state index contributed by atoms with van der Waals surface area (Å²) in [5.74, 6) is -4.00. The zero-order valence-corrected chi connectivity index (χ0v) is 18.1. The van der Waals surface area contributed by atoms with Crippen molar-refractivity contribution >= 4 is 50.9 Å². The lowest BCUT2D eigenvalue weighted by molar-refractivity contribution is -0.151. The van der Waals surface area contributed by atoms with Gasteiger partial charge in [0.25, 0.3) is 0 Å². The predicted octanol–water partition coefficient (Wildman–Crippen LogP) is 3.78. The summed E-state index contributed by atoms with van der Waals surface area (Å²) < 4.78 is 0.815. The van der Waals surface area contributed by atoms with Crippen LogP contribution in [0.4, 0.5) is 5.69 Å². The highest BCUT2D eigenvalue weighted by Gasteiger charge is 2.69. The molecule has 2 aromatic carbocycles. The Morgan fingerprint density at radius 3 is 2.63 bits per heavy atom. The van der Waals surface area contributed by atoms with E-state index in [4.69, 9.17) is 11.6 Å². The van der Waals surface area contributed by atoms with Crippen molar-refractivity contribution in [1.29, 1.82) is 0 Å². The number of Topliss-reactive ketones (excluding diaryl/α,β-unsaturated/α-hetero) is 1. The Kier molecular flexibility index (Phi) is 4.54. The van der Waals surface area contributed by atoms with Gasteiger partial charge in [0.15, 0.2) is 0 Å². The Morgan fingerprint density at radius 2 is 1.93 bits per heavy atom. The molecule has 8 heteroatoms. The lowest BCUT2D eigenvalue weighted by atomic mass is 9.69. The van der Waals surface area contributed by atoms with Crippen LogP contribution in [0.1, 0.15) is 29.9 Å². The first-order valence-electron chi connectivity index (χ1n) is 9.76. The van der Waals surface area contributed by atoms with Crippen molar-refractivity contribution in [2.24, 2.45) is 5.92 Å². The maximum absolute atomic E-state index is 13.6. The van der Waals surface area contributed by atoms with Gasteiger partial charge < -0.3 is 10.4 Å². The van der Waals surface area contributed by atoms with Crippen LogP contribution in [0.3, 0.4) is 0 Å². The lowest BCUT2D eigenvalue weighted by Crippen LogP contribution is -2.50. The van der Waals surface area contributed by atoms with Crippen molar-refractivity contribution in [2.75, 3.05) is 11.9 Å². The molecule has 6 nitrogen and oxygen atoms in total. The normalized spacial score (nSPS) is 29.7. The Morgan fingerprint density at radius 1 is 1.20 bits per heavy atom. The van der Waals surface area contributed by atoms with E-state index in [1.807, 2.05) is 18.2 Å². The minimum atomic E-state index is -1.46. The number of carboxylic acids is 1. The van der Waals surface area contributed by atoms with Crippen LogP contribution >= 0.6 is 27.5 Å². The second kappa shape index (κ2) is 6.90. The fourth-order valence-electron chi connectivity index (χ4n) is 5.73. The van der Waals surface area contributed by atoms with Crippen molar-refractivity contribution in [3.8, 4) is 0 Å². The number of carbonyl (C=O) groups excluding carboxylic acids is 2. The summed E-state index contributed by atoms with van der Waals surface area (Å²) >= 11 is 9.59. The van der Waals surface area contributed by atoms with Gasteiger partial charge in [-0.05, 0) is 55.3 Å². The van der Waals surface area contributed by atoms with Gasteiger partial charge in [0.1, 0.15) is 5.54 Å². The Labute approximate surface area is 186 Å². The van der Waals surface area contributed by atoms with Crippen molar-refractivity contribution in [3.63, 3.8) is 0 Å². The van der Waals surface area contributed by atoms with E-state index in [1.165, 1.54) is 0 Å². The van der Waals surface area contributed by atoms with Crippen LogP contribution in [-0.2, 0) is 19.9 Å². The minimum absolute atomic E-state index is 0.219. The van der Waals surface area contributed by atoms with Crippen LogP contribution in [0.15, 0.2) is 46.9 Å². The van der Waals surface area contributed by atoms with E-state index < -0.39 is 29.1 Å². The monoisotopic (exact) mass is 488 g/mol. The smallest absolute Gasteiger partial charge is 0.372 e. The zero-order valence-electron chi connectivity index (χ0n) is 15.8. The van der Waals surface area contributed by atoms with E-state index in [-0.39, 0.29) is 11.9 Å². The third kappa shape index (κ3) is 2.55. The molecular weight excluding hydrogens is 472 g/mol. The number of rotatable bonds is 3. The van der Waals surface area contributed by atoms with Crippen LogP contribution in [0.5, 0.6) is 0 Å². The molecule has 2 aromatic rings. The molecule has 2 N–H and O–H groups in total. The van der Waals surface area contributed by atoms with Crippen LogP contribution < -0.4 is 5.32 Å². The number of benzene rings is 2. The number of amides is 1. The third-order valence-electron chi connectivity index (χ3n) is 6.71. The number of ketones is 1. The van der Waals surface area contributed by atoms with Gasteiger partial charge in [-0.25, -0.2) is 4.79 Å². The highest BCUT2D eigenvalue weighted by Crippen LogP contribution is 2.61. The van der Waals surface area contributed by atoms with E-state index in [0.29, 0.717) is 23.7 Å². The number of carboxylic acid groups (broad SMARTS) is 1. The molecule has 0 saturated carbocycles. The lowest BCUT2D eigenvalue weighted by Gasteiger charge is -2.37. The van der Waals surface area contributed by atoms with E-state index in [1.54, 1.807) is 24.3 Å². The predicted molar refractivity (Wildman–Crippen MR) is 115 cm³/mol. The SMILES string of the molecule is O=C(O)C(=O)C1C2CCCN2C2(C(=O)Nc3ccc(Br)cc32)C1c1ccc(Cl)cc1. The molecule has 2 saturated heterocycles. The van der Waals surface area contributed by atoms with E-state index >= 15 is 0 Å². The van der Waals surface area contributed by atoms with Crippen molar-refractivity contribution in [2.45, 2.75) is 30.3 Å². The summed E-state index contributed by atoms with van der Waals surface area (Å²) in [6, 6.07) is 12.3. The maximum atomic E-state index is 13.6. The molecular formula is C22H18BrClN2O4. The summed E-state index contributed by atoms with van der Waals surface area (Å²) in [5.41, 5.74) is 1.05. The van der Waals surface area contributed by atoms with Gasteiger partial charge in [0.05, 0.1) is 5.92 Å². The van der Waals surface area contributed by atoms with Crippen LogP contribution in [0.25, 0.3) is 0 Å². The second-order valence-corrected chi connectivity index (χ2v) is 9.39. The standard InChI is InChI=1S/C22H18BrClN2O4/c23-12-5-8-15-14(10-12)22(21(30)25-15)18(11-3-6-13(24)7-4-11)17(19(27)20(28)29)16-2-1-9-26(16)22/h3-8,10,16-18H,1-2,9H2,(H,25,30)(H,28,29). The molecule has 3 heterocycles. The molecule has 1 amide bonds. The summed E-state index contributed by atoms with van der Waals surface area (Å²) in [7, 11) is 0. The fourth-order valence-corrected chi connectivity index (χ4v) is 6.21. The van der Waals surface area contributed by atoms with Crippen LogP contribution in [0.2, 0.25) is 5.02 Å². The van der Waals surface area contributed by atoms with Gasteiger partial charge in [-0.15, -0.1) is 0 Å². The summed E-state index contributed by atoms with van der Waals surface area (Å²) in [6.45, 7) is 0.623. The topological polar surface area (TPSA) is 86.7 Å². The number of nitrogens with zero attached hydrogens (tertiary/aromatic N) is 1. The molecule has 3 aliphatic heterocycles. The summed E-state index contributed by atoms with van der Waals surface area (Å²) in [4.78, 5) is 40.5. The quantitative estimate of drug-likeness (QED) is 0.641. The number of anilines is 1. The minimum Gasteiger partial charge on any atom is -0.475 e. The highest BCUT2D eigenvalue weighted by molar-refractivity contribution is 9.10. The Hall–Kier alpha value is -2.22. The molecule has 3 aliphatic rings. The Balaban J connectivity index is 1.81. The number of aliphatic carboxylic acids is 1. The largest absolute Gasteiger partial charge is 0.475 e. The van der Waals surface area contributed by atoms with Gasteiger partial charge in [-0.2, -0.15) is 0 Å². The highest BCUT2D eigenvalue weighted by atomic mass is 79.9. The molecule has 4 unspecified atom stereocenters. The molecule has 5 rings (SSSR count). The van der Waals surface area contributed by atoms with E-state index in [9.17, 15) is 19.5 Å². The summed E-state index contributed by atoms with van der Waals surface area (Å²) in [6.07, 6.45) is 1.48. The van der Waals surface area contributed by atoms with Crippen LogP contribution in [-0.4, -0.2) is 40.3 Å². The van der Waals surface area contributed by atoms with Gasteiger partial charge in [-0.3, -0.25) is 14.5 Å². The number of hydrogen-bond acceptors (Lipinski definition) is 4. The second-order valence-electron chi connectivity index (χ2n) is 8.04. The molecule has 154 valence electrons. The number of fused-ring (bicyclic) bond motifs is 4. The molecule has 1 spiro atoms. The molecule has 0 radical (unpaired) electrons. The van der Waals surface area contributed by atoms with Gasteiger partial charge in [-0.1, -0.05) is 39.7 Å². The molecule has 30 heavy (non-hydrogen) atoms. The Bertz CT molecular complexity index is 1090. The maximum Gasteiger partial charge on any atom is 0.372 e. The average Bonchev–Trinajstić information content (AvgIpc) is 3.36. The molecule has 0 aliphatic carbocycles. The number of halogens is 2. The number of carbonyl (C=O) groups is 3.